The van der Waals surface area contributed by atoms with Crippen LogP contribution in [0.25, 0.3) is 22.4 Å². The van der Waals surface area contributed by atoms with Gasteiger partial charge in [0, 0.05) is 38.8 Å². The van der Waals surface area contributed by atoms with Crippen LogP contribution in [0.4, 0.5) is 4.39 Å². The molecule has 0 saturated heterocycles. The quantitative estimate of drug-likeness (QED) is 0.603. The van der Waals surface area contributed by atoms with Crippen molar-refractivity contribution in [3.05, 3.63) is 46.8 Å². The summed E-state index contributed by atoms with van der Waals surface area (Å²) in [5, 5.41) is 6.64. The average molecular weight is 374 g/mol. The second-order valence-corrected chi connectivity index (χ2v) is 5.91. The topological polar surface area (TPSA) is 99.2 Å². The Morgan fingerprint density at radius 2 is 2.11 bits per heavy atom. The molecule has 142 valence electrons. The Kier molecular flexibility index (Phi) is 5.92. The van der Waals surface area contributed by atoms with Gasteiger partial charge in [-0.15, -0.1) is 0 Å². The summed E-state index contributed by atoms with van der Waals surface area (Å²) < 4.78 is 24.4. The Balaban J connectivity index is 1.72. The lowest BCUT2D eigenvalue weighted by atomic mass is 10.1. The van der Waals surface area contributed by atoms with E-state index in [4.69, 9.17) is 9.26 Å². The third-order valence-corrected chi connectivity index (χ3v) is 3.99. The molecule has 0 fully saturated rings. The zero-order valence-corrected chi connectivity index (χ0v) is 14.8. The normalized spacial score (nSPS) is 11.0. The fourth-order valence-electron chi connectivity index (χ4n) is 2.57. The summed E-state index contributed by atoms with van der Waals surface area (Å²) in [6.07, 6.45) is 2.21. The maximum Gasteiger partial charge on any atom is 0.299 e. The number of ether oxygens (including phenoxy) is 1. The minimum Gasteiger partial charge on any atom is -0.385 e. The van der Waals surface area contributed by atoms with Gasteiger partial charge in [0.15, 0.2) is 0 Å². The first-order valence-electron chi connectivity index (χ1n) is 8.46. The van der Waals surface area contributed by atoms with Gasteiger partial charge in [0.1, 0.15) is 17.0 Å². The van der Waals surface area contributed by atoms with Crippen molar-refractivity contribution >= 4 is 17.0 Å². The molecular weight excluding hydrogens is 355 g/mol. The van der Waals surface area contributed by atoms with Crippen molar-refractivity contribution < 1.29 is 18.4 Å². The lowest BCUT2D eigenvalue weighted by Crippen LogP contribution is -2.28. The van der Waals surface area contributed by atoms with Crippen LogP contribution in [0.15, 0.2) is 39.9 Å². The van der Waals surface area contributed by atoms with Gasteiger partial charge in [-0.05, 0) is 30.7 Å². The van der Waals surface area contributed by atoms with Crippen molar-refractivity contribution in [3.8, 4) is 11.3 Å². The molecule has 8 nitrogen and oxygen atoms in total. The van der Waals surface area contributed by atoms with E-state index in [0.29, 0.717) is 29.9 Å². The molecule has 2 heterocycles. The summed E-state index contributed by atoms with van der Waals surface area (Å²) in [7, 11) is 1.60. The lowest BCUT2D eigenvalue weighted by Gasteiger charge is -2.06. The van der Waals surface area contributed by atoms with E-state index >= 15 is 0 Å². The summed E-state index contributed by atoms with van der Waals surface area (Å²) in [6, 6.07) is 5.66. The molecule has 1 amide bonds. The molecule has 3 rings (SSSR count). The number of rotatable bonds is 8. The fraction of sp³-hybridized carbons (Fsp3) is 0.333. The molecule has 0 aliphatic heterocycles. The van der Waals surface area contributed by atoms with Crippen molar-refractivity contribution in [2.75, 3.05) is 20.3 Å². The second kappa shape index (κ2) is 8.54. The number of carbonyl (C=O) groups is 1. The SMILES string of the molecule is COCCCNC(=O)CCn1cnc2c(-c3ccc(F)cc3)noc2c1=O. The molecule has 0 saturated carbocycles. The lowest BCUT2D eigenvalue weighted by molar-refractivity contribution is -0.121. The number of aryl methyl sites for hydroxylation is 1. The zero-order valence-electron chi connectivity index (χ0n) is 14.8. The van der Waals surface area contributed by atoms with Gasteiger partial charge >= 0.3 is 0 Å². The minimum absolute atomic E-state index is 0.00247. The highest BCUT2D eigenvalue weighted by Gasteiger charge is 2.16. The van der Waals surface area contributed by atoms with Crippen LogP contribution in [0, 0.1) is 5.82 Å². The van der Waals surface area contributed by atoms with Crippen LogP contribution in [0.1, 0.15) is 12.8 Å². The smallest absolute Gasteiger partial charge is 0.299 e. The number of nitrogens with zero attached hydrogens (tertiary/aromatic N) is 3. The number of fused-ring (bicyclic) bond motifs is 1. The molecule has 0 atom stereocenters. The largest absolute Gasteiger partial charge is 0.385 e. The highest BCUT2D eigenvalue weighted by molar-refractivity contribution is 5.87. The molecule has 0 radical (unpaired) electrons. The van der Waals surface area contributed by atoms with Gasteiger partial charge in [-0.25, -0.2) is 9.37 Å². The summed E-state index contributed by atoms with van der Waals surface area (Å²) in [4.78, 5) is 28.6. The summed E-state index contributed by atoms with van der Waals surface area (Å²) in [5.74, 6) is -0.537. The molecule has 9 heteroatoms. The van der Waals surface area contributed by atoms with Crippen LogP contribution >= 0.6 is 0 Å². The van der Waals surface area contributed by atoms with E-state index in [1.165, 1.54) is 35.2 Å². The number of amides is 1. The van der Waals surface area contributed by atoms with Gasteiger partial charge in [0.25, 0.3) is 11.1 Å². The van der Waals surface area contributed by atoms with Gasteiger partial charge in [0.05, 0.1) is 6.33 Å². The van der Waals surface area contributed by atoms with E-state index in [9.17, 15) is 14.0 Å². The number of nitrogens with one attached hydrogen (secondary N) is 1. The molecular formula is C18H19FN4O4. The first-order chi connectivity index (χ1) is 13.1. The van der Waals surface area contributed by atoms with Crippen LogP contribution in [-0.2, 0) is 16.1 Å². The Bertz CT molecular complexity index is 981. The monoisotopic (exact) mass is 374 g/mol. The Morgan fingerprint density at radius 1 is 1.33 bits per heavy atom. The zero-order chi connectivity index (χ0) is 19.2. The number of methoxy groups -OCH3 is 1. The number of hydrogen-bond donors (Lipinski definition) is 1. The summed E-state index contributed by atoms with van der Waals surface area (Å²) in [5.41, 5.74) is 0.831. The molecule has 1 aromatic carbocycles. The van der Waals surface area contributed by atoms with E-state index in [0.717, 1.165) is 6.42 Å². The standard InChI is InChI=1S/C18H19FN4O4/c1-26-10-2-8-20-14(24)7-9-23-11-21-16-15(22-27-17(16)18(23)25)12-3-5-13(19)6-4-12/h3-6,11H,2,7-10H2,1H3,(H,20,24). The van der Waals surface area contributed by atoms with Crippen LogP contribution in [0.5, 0.6) is 0 Å². The Morgan fingerprint density at radius 3 is 2.85 bits per heavy atom. The number of carbonyl (C=O) groups excluding carboxylic acids is 1. The average Bonchev–Trinajstić information content (AvgIpc) is 3.10. The predicted molar refractivity (Wildman–Crippen MR) is 95.6 cm³/mol. The third kappa shape index (κ3) is 4.37. The van der Waals surface area contributed by atoms with E-state index in [1.807, 2.05) is 0 Å². The van der Waals surface area contributed by atoms with E-state index in [2.05, 4.69) is 15.5 Å². The Labute approximate surface area is 153 Å². The van der Waals surface area contributed by atoms with Crippen molar-refractivity contribution in [2.45, 2.75) is 19.4 Å². The van der Waals surface area contributed by atoms with Gasteiger partial charge in [-0.1, -0.05) is 5.16 Å². The van der Waals surface area contributed by atoms with E-state index in [-0.39, 0.29) is 30.3 Å². The molecule has 2 aromatic heterocycles. The molecule has 0 spiro atoms. The number of halogens is 1. The number of hydrogen-bond acceptors (Lipinski definition) is 6. The second-order valence-electron chi connectivity index (χ2n) is 5.91. The highest BCUT2D eigenvalue weighted by Crippen LogP contribution is 2.24. The van der Waals surface area contributed by atoms with E-state index < -0.39 is 5.56 Å². The van der Waals surface area contributed by atoms with Gasteiger partial charge in [-0.3, -0.25) is 14.2 Å². The van der Waals surface area contributed by atoms with Gasteiger partial charge < -0.3 is 14.6 Å². The van der Waals surface area contributed by atoms with Crippen molar-refractivity contribution in [1.29, 1.82) is 0 Å². The van der Waals surface area contributed by atoms with Crippen LogP contribution < -0.4 is 10.9 Å². The molecule has 1 N–H and O–H groups in total. The maximum atomic E-state index is 13.1. The molecule has 0 aliphatic carbocycles. The summed E-state index contributed by atoms with van der Waals surface area (Å²) in [6.45, 7) is 1.26. The molecule has 0 aliphatic rings. The number of aromatic nitrogens is 3. The molecule has 0 unspecified atom stereocenters. The third-order valence-electron chi connectivity index (χ3n) is 3.99. The summed E-state index contributed by atoms with van der Waals surface area (Å²) >= 11 is 0. The number of benzene rings is 1. The molecule has 27 heavy (non-hydrogen) atoms. The van der Waals surface area contributed by atoms with Crippen molar-refractivity contribution in [1.82, 2.24) is 20.0 Å². The Hall–Kier alpha value is -3.07. The van der Waals surface area contributed by atoms with Gasteiger partial charge in [-0.2, -0.15) is 0 Å². The van der Waals surface area contributed by atoms with Crippen LogP contribution in [-0.4, -0.2) is 40.9 Å². The first kappa shape index (κ1) is 18.7. The predicted octanol–water partition coefficient (Wildman–Crippen LogP) is 1.73. The first-order valence-corrected chi connectivity index (χ1v) is 8.46. The van der Waals surface area contributed by atoms with Gasteiger partial charge in [0.2, 0.25) is 5.91 Å². The van der Waals surface area contributed by atoms with Crippen LogP contribution in [0.2, 0.25) is 0 Å². The van der Waals surface area contributed by atoms with Crippen molar-refractivity contribution in [2.24, 2.45) is 0 Å². The molecule has 3 aromatic rings. The van der Waals surface area contributed by atoms with E-state index in [1.54, 1.807) is 7.11 Å². The fourth-order valence-corrected chi connectivity index (χ4v) is 2.57. The highest BCUT2D eigenvalue weighted by atomic mass is 19.1. The van der Waals surface area contributed by atoms with Crippen molar-refractivity contribution in [3.63, 3.8) is 0 Å². The maximum absolute atomic E-state index is 13.1. The van der Waals surface area contributed by atoms with Crippen LogP contribution in [0.3, 0.4) is 0 Å². The molecule has 0 bridgehead atoms. The minimum atomic E-state index is -0.423.